The van der Waals surface area contributed by atoms with Gasteiger partial charge >= 0.3 is 0 Å². The van der Waals surface area contributed by atoms with E-state index in [0.29, 0.717) is 24.8 Å². The van der Waals surface area contributed by atoms with Crippen molar-refractivity contribution in [2.45, 2.75) is 58.2 Å². The van der Waals surface area contributed by atoms with E-state index in [1.807, 2.05) is 37.3 Å². The second-order valence-corrected chi connectivity index (χ2v) is 12.0. The van der Waals surface area contributed by atoms with E-state index in [1.54, 1.807) is 12.2 Å². The third-order valence-electron chi connectivity index (χ3n) is 10.2. The Morgan fingerprint density at radius 1 is 1.22 bits per heavy atom. The van der Waals surface area contributed by atoms with Crippen molar-refractivity contribution in [1.82, 2.24) is 9.97 Å². The van der Waals surface area contributed by atoms with Gasteiger partial charge in [-0.05, 0) is 67.7 Å². The van der Waals surface area contributed by atoms with Crippen molar-refractivity contribution < 1.29 is 24.5 Å². The minimum absolute atomic E-state index is 0.00449. The standard InChI is InChI=1S/C30H34N2O5/c1-17-12-19-20-9-11-30(36,25(35)16-37-26-15-31-22-6-4-5-7-23(22)32-26)29(20,3)14-24(34)27(19)28(2)10-8-18(33)13-21(17)28/h4-8,10,13,15,17,19-20,24,27,34,36H,9,11-12,14,16H2,1-3H3/t17-,19?,20?,24-,27?,28?,29?,30-/m0/s1. The van der Waals surface area contributed by atoms with Gasteiger partial charge in [-0.1, -0.05) is 44.6 Å². The first-order valence-corrected chi connectivity index (χ1v) is 13.3. The summed E-state index contributed by atoms with van der Waals surface area (Å²) in [5.41, 5.74) is -0.256. The lowest BCUT2D eigenvalue weighted by molar-refractivity contribution is -0.179. The first-order valence-electron chi connectivity index (χ1n) is 13.3. The topological polar surface area (TPSA) is 110 Å². The predicted molar refractivity (Wildman–Crippen MR) is 138 cm³/mol. The Morgan fingerprint density at radius 3 is 2.76 bits per heavy atom. The maximum atomic E-state index is 13.6. The maximum Gasteiger partial charge on any atom is 0.233 e. The zero-order valence-corrected chi connectivity index (χ0v) is 21.6. The molecule has 7 heteroatoms. The molecule has 8 atom stereocenters. The fourth-order valence-corrected chi connectivity index (χ4v) is 8.48. The number of nitrogens with zero attached hydrogens (tertiary/aromatic N) is 2. The molecule has 37 heavy (non-hydrogen) atoms. The van der Waals surface area contributed by atoms with Gasteiger partial charge in [-0.3, -0.25) is 9.59 Å². The average molecular weight is 503 g/mol. The molecule has 0 radical (unpaired) electrons. The summed E-state index contributed by atoms with van der Waals surface area (Å²) in [6, 6.07) is 7.43. The van der Waals surface area contributed by atoms with Crippen molar-refractivity contribution in [3.8, 4) is 5.88 Å². The van der Waals surface area contributed by atoms with Crippen molar-refractivity contribution in [3.63, 3.8) is 0 Å². The Labute approximate surface area is 216 Å². The third kappa shape index (κ3) is 3.47. The number of ketones is 2. The summed E-state index contributed by atoms with van der Waals surface area (Å²) in [6.07, 6.45) is 8.37. The van der Waals surface area contributed by atoms with Gasteiger partial charge in [-0.25, -0.2) is 9.97 Å². The molecule has 3 fully saturated rings. The van der Waals surface area contributed by atoms with Gasteiger partial charge in [0, 0.05) is 16.7 Å². The van der Waals surface area contributed by atoms with Crippen LogP contribution in [-0.4, -0.2) is 50.1 Å². The van der Waals surface area contributed by atoms with E-state index in [1.165, 1.54) is 6.20 Å². The molecule has 4 aliphatic carbocycles. The van der Waals surface area contributed by atoms with Crippen LogP contribution < -0.4 is 4.74 Å². The Balaban J connectivity index is 1.26. The Morgan fingerprint density at radius 2 is 1.97 bits per heavy atom. The van der Waals surface area contributed by atoms with Crippen LogP contribution in [0.3, 0.4) is 0 Å². The van der Waals surface area contributed by atoms with Crippen molar-refractivity contribution in [3.05, 3.63) is 54.3 Å². The molecule has 0 saturated heterocycles. The van der Waals surface area contributed by atoms with Crippen molar-refractivity contribution in [2.75, 3.05) is 6.61 Å². The molecule has 1 aromatic carbocycles. The predicted octanol–water partition coefficient (Wildman–Crippen LogP) is 3.83. The fourth-order valence-electron chi connectivity index (χ4n) is 8.48. The lowest BCUT2D eigenvalue weighted by Crippen LogP contribution is -2.62. The minimum Gasteiger partial charge on any atom is -0.468 e. The largest absolute Gasteiger partial charge is 0.468 e. The Hall–Kier alpha value is -2.90. The van der Waals surface area contributed by atoms with E-state index in [0.717, 1.165) is 17.5 Å². The van der Waals surface area contributed by atoms with E-state index in [4.69, 9.17) is 4.74 Å². The number of aliphatic hydroxyl groups excluding tert-OH is 1. The third-order valence-corrected chi connectivity index (χ3v) is 10.2. The number of aromatic nitrogens is 2. The van der Waals surface area contributed by atoms with Gasteiger partial charge < -0.3 is 14.9 Å². The summed E-state index contributed by atoms with van der Waals surface area (Å²) >= 11 is 0. The smallest absolute Gasteiger partial charge is 0.233 e. The summed E-state index contributed by atoms with van der Waals surface area (Å²) in [6.45, 7) is 5.94. The number of fused-ring (bicyclic) bond motifs is 6. The first-order chi connectivity index (χ1) is 17.6. The van der Waals surface area contributed by atoms with Crippen LogP contribution in [0.5, 0.6) is 5.88 Å². The lowest BCUT2D eigenvalue weighted by Gasteiger charge is -2.60. The molecule has 6 rings (SSSR count). The molecule has 0 aliphatic heterocycles. The molecule has 0 bridgehead atoms. The Kier molecular flexibility index (Phi) is 5.48. The Bertz CT molecular complexity index is 1350. The number of carbonyl (C=O) groups excluding carboxylic acids is 2. The molecule has 4 aliphatic rings. The summed E-state index contributed by atoms with van der Waals surface area (Å²) in [4.78, 5) is 34.5. The molecular weight excluding hydrogens is 468 g/mol. The normalized spacial score (nSPS) is 40.5. The highest BCUT2D eigenvalue weighted by atomic mass is 16.5. The number of hydrogen-bond donors (Lipinski definition) is 2. The van der Waals surface area contributed by atoms with Crippen LogP contribution in [0.15, 0.2) is 54.3 Å². The summed E-state index contributed by atoms with van der Waals surface area (Å²) in [7, 11) is 0. The van der Waals surface area contributed by atoms with E-state index >= 15 is 0 Å². The molecule has 194 valence electrons. The number of benzene rings is 1. The number of rotatable bonds is 4. The van der Waals surface area contributed by atoms with Gasteiger partial charge in [-0.15, -0.1) is 0 Å². The maximum absolute atomic E-state index is 13.6. The molecule has 1 heterocycles. The van der Waals surface area contributed by atoms with Gasteiger partial charge in [0.1, 0.15) is 5.60 Å². The van der Waals surface area contributed by atoms with Crippen molar-refractivity contribution in [2.24, 2.45) is 34.5 Å². The molecule has 5 unspecified atom stereocenters. The van der Waals surface area contributed by atoms with Crippen LogP contribution in [-0.2, 0) is 9.59 Å². The first kappa shape index (κ1) is 24.4. The van der Waals surface area contributed by atoms with Crippen LogP contribution >= 0.6 is 0 Å². The van der Waals surface area contributed by atoms with Gasteiger partial charge in [-0.2, -0.15) is 0 Å². The van der Waals surface area contributed by atoms with Crippen LogP contribution in [0, 0.1) is 34.5 Å². The number of allylic oxidation sites excluding steroid dienone is 4. The summed E-state index contributed by atoms with van der Waals surface area (Å²) in [5, 5.41) is 23.5. The van der Waals surface area contributed by atoms with Crippen LogP contribution in [0.2, 0.25) is 0 Å². The number of carbonyl (C=O) groups is 2. The number of para-hydroxylation sites is 2. The highest BCUT2D eigenvalue weighted by Gasteiger charge is 2.68. The quantitative estimate of drug-likeness (QED) is 0.654. The number of Topliss-reactive ketones (excluding diaryl/α,β-unsaturated/α-hetero) is 1. The zero-order valence-electron chi connectivity index (χ0n) is 21.6. The average Bonchev–Trinajstić information content (AvgIpc) is 3.14. The van der Waals surface area contributed by atoms with Crippen molar-refractivity contribution in [1.29, 1.82) is 0 Å². The summed E-state index contributed by atoms with van der Waals surface area (Å²) in [5.74, 6) is 0.223. The van der Waals surface area contributed by atoms with E-state index in [9.17, 15) is 19.8 Å². The zero-order chi connectivity index (χ0) is 26.2. The molecule has 2 aromatic rings. The molecule has 1 aromatic heterocycles. The lowest BCUT2D eigenvalue weighted by atomic mass is 9.45. The second kappa shape index (κ2) is 8.30. The molecule has 0 spiro atoms. The molecule has 0 amide bonds. The van der Waals surface area contributed by atoms with E-state index in [-0.39, 0.29) is 47.7 Å². The van der Waals surface area contributed by atoms with Crippen LogP contribution in [0.1, 0.15) is 46.5 Å². The fraction of sp³-hybridized carbons (Fsp3) is 0.533. The molecular formula is C30H34N2O5. The van der Waals surface area contributed by atoms with Gasteiger partial charge in [0.2, 0.25) is 11.7 Å². The van der Waals surface area contributed by atoms with Gasteiger partial charge in [0.25, 0.3) is 0 Å². The number of ether oxygens (including phenoxy) is 1. The number of hydrogen-bond acceptors (Lipinski definition) is 7. The van der Waals surface area contributed by atoms with Crippen LogP contribution in [0.25, 0.3) is 11.0 Å². The number of aliphatic hydroxyl groups is 2. The second-order valence-electron chi connectivity index (χ2n) is 12.0. The highest BCUT2D eigenvalue weighted by Crippen LogP contribution is 2.67. The molecule has 7 nitrogen and oxygen atoms in total. The highest BCUT2D eigenvalue weighted by molar-refractivity contribution is 6.01. The van der Waals surface area contributed by atoms with Crippen molar-refractivity contribution >= 4 is 22.6 Å². The van der Waals surface area contributed by atoms with E-state index in [2.05, 4.69) is 23.8 Å². The molecule has 3 saturated carbocycles. The minimum atomic E-state index is -1.59. The van der Waals surface area contributed by atoms with E-state index < -0.39 is 22.5 Å². The SMILES string of the molecule is C[C@H]1CC2C([C@@H](O)CC3(C)C2CC[C@]3(O)C(=O)COc2cnc3ccccc3n2)C2(C)C=CC(=O)C=C12. The van der Waals surface area contributed by atoms with Gasteiger partial charge in [0.15, 0.2) is 12.4 Å². The van der Waals surface area contributed by atoms with Crippen LogP contribution in [0.4, 0.5) is 0 Å². The monoisotopic (exact) mass is 502 g/mol. The summed E-state index contributed by atoms with van der Waals surface area (Å²) < 4.78 is 5.73. The van der Waals surface area contributed by atoms with Gasteiger partial charge in [0.05, 0.1) is 23.3 Å². The molecule has 2 N–H and O–H groups in total.